The van der Waals surface area contributed by atoms with Crippen LogP contribution in [0.1, 0.15) is 170 Å². The Labute approximate surface area is 236 Å². The van der Waals surface area contributed by atoms with Gasteiger partial charge in [-0.15, -0.1) is 0 Å². The van der Waals surface area contributed by atoms with Crippen LogP contribution in [0.5, 0.6) is 0 Å². The largest absolute Gasteiger partial charge is 0.500 e. The SMILES string of the molecule is CCCCCC(CCC)CO[Si](CCC)(OCC(CCC)CCCCC)OCC(CCC)CCCCC. The van der Waals surface area contributed by atoms with Crippen LogP contribution in [0.3, 0.4) is 0 Å². The van der Waals surface area contributed by atoms with Gasteiger partial charge in [0.15, 0.2) is 0 Å². The van der Waals surface area contributed by atoms with E-state index in [1.165, 1.54) is 116 Å². The van der Waals surface area contributed by atoms with E-state index >= 15 is 0 Å². The van der Waals surface area contributed by atoms with Crippen molar-refractivity contribution in [2.45, 2.75) is 177 Å². The van der Waals surface area contributed by atoms with Gasteiger partial charge in [-0.3, -0.25) is 0 Å². The molecule has 3 nitrogen and oxygen atoms in total. The predicted octanol–water partition coefficient (Wildman–Crippen LogP) is 11.4. The van der Waals surface area contributed by atoms with Gasteiger partial charge < -0.3 is 13.3 Å². The van der Waals surface area contributed by atoms with E-state index in [1.54, 1.807) is 0 Å². The molecule has 0 spiro atoms. The maximum atomic E-state index is 6.92. The van der Waals surface area contributed by atoms with Crippen molar-refractivity contribution in [2.75, 3.05) is 19.8 Å². The summed E-state index contributed by atoms with van der Waals surface area (Å²) in [6, 6.07) is 0.961. The molecule has 0 aliphatic rings. The van der Waals surface area contributed by atoms with Crippen molar-refractivity contribution in [1.29, 1.82) is 0 Å². The summed E-state index contributed by atoms with van der Waals surface area (Å²) in [6.45, 7) is 18.6. The van der Waals surface area contributed by atoms with Gasteiger partial charge >= 0.3 is 8.80 Å². The summed E-state index contributed by atoms with van der Waals surface area (Å²) in [5, 5.41) is 0. The smallest absolute Gasteiger partial charge is 0.373 e. The highest BCUT2D eigenvalue weighted by atomic mass is 28.4. The Morgan fingerprint density at radius 2 is 0.703 bits per heavy atom. The third kappa shape index (κ3) is 19.7. The van der Waals surface area contributed by atoms with Crippen LogP contribution in [0.15, 0.2) is 0 Å². The molecule has 0 saturated heterocycles. The van der Waals surface area contributed by atoms with Crippen molar-refractivity contribution >= 4 is 8.80 Å². The summed E-state index contributed by atoms with van der Waals surface area (Å²) < 4.78 is 20.8. The molecule has 224 valence electrons. The predicted molar refractivity (Wildman–Crippen MR) is 166 cm³/mol. The van der Waals surface area contributed by atoms with E-state index in [2.05, 4.69) is 48.5 Å². The van der Waals surface area contributed by atoms with Crippen LogP contribution in [0.25, 0.3) is 0 Å². The van der Waals surface area contributed by atoms with Crippen LogP contribution in [0.2, 0.25) is 6.04 Å². The molecule has 37 heavy (non-hydrogen) atoms. The first-order valence-electron chi connectivity index (χ1n) is 17.0. The summed E-state index contributed by atoms with van der Waals surface area (Å²) in [7, 11) is -2.71. The van der Waals surface area contributed by atoms with Crippen molar-refractivity contribution in [1.82, 2.24) is 0 Å². The molecule has 4 heteroatoms. The van der Waals surface area contributed by atoms with Crippen molar-refractivity contribution in [3.8, 4) is 0 Å². The lowest BCUT2D eigenvalue weighted by molar-refractivity contribution is 0.0227. The molecular weight excluding hydrogens is 472 g/mol. The third-order valence-corrected chi connectivity index (χ3v) is 10.8. The minimum atomic E-state index is -2.71. The molecule has 0 aromatic rings. The van der Waals surface area contributed by atoms with Gasteiger partial charge in [0, 0.05) is 25.9 Å². The molecule has 0 radical (unpaired) electrons. The molecular formula is C33H70O3Si. The van der Waals surface area contributed by atoms with Crippen LogP contribution < -0.4 is 0 Å². The minimum absolute atomic E-state index is 0.638. The maximum Gasteiger partial charge on any atom is 0.500 e. The lowest BCUT2D eigenvalue weighted by atomic mass is 9.98. The van der Waals surface area contributed by atoms with E-state index in [1.807, 2.05) is 0 Å². The second-order valence-electron chi connectivity index (χ2n) is 11.8. The number of unbranched alkanes of at least 4 members (excludes halogenated alkanes) is 6. The van der Waals surface area contributed by atoms with Crippen molar-refractivity contribution < 1.29 is 13.3 Å². The first kappa shape index (κ1) is 37.1. The fourth-order valence-electron chi connectivity index (χ4n) is 5.59. The van der Waals surface area contributed by atoms with Gasteiger partial charge in [-0.1, -0.05) is 132 Å². The zero-order chi connectivity index (χ0) is 27.6. The zero-order valence-corrected chi connectivity index (χ0v) is 27.7. The molecule has 0 aliphatic heterocycles. The van der Waals surface area contributed by atoms with Crippen LogP contribution >= 0.6 is 0 Å². The van der Waals surface area contributed by atoms with Gasteiger partial charge in [-0.05, 0) is 56.3 Å². The summed E-state index contributed by atoms with van der Waals surface area (Å²) in [6.07, 6.45) is 24.2. The first-order valence-corrected chi connectivity index (χ1v) is 18.9. The Bertz CT molecular complexity index is 399. The van der Waals surface area contributed by atoms with Crippen LogP contribution in [-0.4, -0.2) is 28.6 Å². The number of rotatable bonds is 29. The molecule has 3 atom stereocenters. The average Bonchev–Trinajstić information content (AvgIpc) is 2.89. The summed E-state index contributed by atoms with van der Waals surface area (Å²) in [5.74, 6) is 1.92. The number of hydrogen-bond donors (Lipinski definition) is 0. The number of hydrogen-bond acceptors (Lipinski definition) is 3. The molecule has 0 bridgehead atoms. The van der Waals surface area contributed by atoms with Crippen molar-refractivity contribution in [3.05, 3.63) is 0 Å². The molecule has 0 aromatic heterocycles. The Hall–Kier alpha value is 0.0969. The minimum Gasteiger partial charge on any atom is -0.373 e. The fourth-order valence-corrected chi connectivity index (χ4v) is 8.35. The topological polar surface area (TPSA) is 27.7 Å². The normalized spacial score (nSPS) is 16.0. The van der Waals surface area contributed by atoms with Crippen molar-refractivity contribution in [3.63, 3.8) is 0 Å². The van der Waals surface area contributed by atoms with Crippen LogP contribution in [-0.2, 0) is 13.3 Å². The van der Waals surface area contributed by atoms with Crippen molar-refractivity contribution in [2.24, 2.45) is 17.8 Å². The van der Waals surface area contributed by atoms with E-state index in [0.29, 0.717) is 17.8 Å². The molecule has 3 unspecified atom stereocenters. The van der Waals surface area contributed by atoms with E-state index in [0.717, 1.165) is 32.3 Å². The van der Waals surface area contributed by atoms with Crippen LogP contribution in [0, 0.1) is 17.8 Å². The highest BCUT2D eigenvalue weighted by Crippen LogP contribution is 2.27. The molecule has 0 aromatic carbocycles. The zero-order valence-electron chi connectivity index (χ0n) is 26.7. The molecule has 0 rings (SSSR count). The Morgan fingerprint density at radius 1 is 0.378 bits per heavy atom. The average molecular weight is 543 g/mol. The monoisotopic (exact) mass is 543 g/mol. The second-order valence-corrected chi connectivity index (χ2v) is 14.5. The van der Waals surface area contributed by atoms with Gasteiger partial charge in [-0.25, -0.2) is 0 Å². The highest BCUT2D eigenvalue weighted by Gasteiger charge is 2.42. The Kier molecular flexibility index (Phi) is 26.4. The lowest BCUT2D eigenvalue weighted by Gasteiger charge is -2.34. The molecule has 0 N–H and O–H groups in total. The molecule has 0 heterocycles. The maximum absolute atomic E-state index is 6.92. The molecule has 0 fully saturated rings. The van der Waals surface area contributed by atoms with Gasteiger partial charge in [0.25, 0.3) is 0 Å². The first-order chi connectivity index (χ1) is 18.0. The highest BCUT2D eigenvalue weighted by molar-refractivity contribution is 6.60. The molecule has 0 amide bonds. The Balaban J connectivity index is 5.54. The Morgan fingerprint density at radius 3 is 0.946 bits per heavy atom. The van der Waals surface area contributed by atoms with E-state index in [9.17, 15) is 0 Å². The summed E-state index contributed by atoms with van der Waals surface area (Å²) >= 11 is 0. The van der Waals surface area contributed by atoms with Gasteiger partial charge in [0.1, 0.15) is 0 Å². The molecule has 0 saturated carbocycles. The fraction of sp³-hybridized carbons (Fsp3) is 1.00. The third-order valence-electron chi connectivity index (χ3n) is 7.91. The van der Waals surface area contributed by atoms with Crippen LogP contribution in [0.4, 0.5) is 0 Å². The molecule has 0 aliphatic carbocycles. The van der Waals surface area contributed by atoms with E-state index in [-0.39, 0.29) is 0 Å². The second kappa shape index (κ2) is 26.3. The van der Waals surface area contributed by atoms with Gasteiger partial charge in [-0.2, -0.15) is 0 Å². The quantitative estimate of drug-likeness (QED) is 0.0694. The lowest BCUT2D eigenvalue weighted by Crippen LogP contribution is -2.48. The van der Waals surface area contributed by atoms with E-state index in [4.69, 9.17) is 13.3 Å². The summed E-state index contributed by atoms with van der Waals surface area (Å²) in [5.41, 5.74) is 0. The standard InChI is InChI=1S/C33H70O3Si/c1-8-15-18-24-31(21-11-4)28-34-37(27-14-7,35-29-32(22-12-5)25-19-16-9-2)36-30-33(23-13-6)26-20-17-10-3/h31-33H,8-30H2,1-7H3. The summed E-state index contributed by atoms with van der Waals surface area (Å²) in [4.78, 5) is 0. The van der Waals surface area contributed by atoms with E-state index < -0.39 is 8.80 Å². The van der Waals surface area contributed by atoms with Gasteiger partial charge in [0.05, 0.1) is 0 Å². The van der Waals surface area contributed by atoms with Gasteiger partial charge in [0.2, 0.25) is 0 Å².